The van der Waals surface area contributed by atoms with Crippen molar-refractivity contribution in [2.24, 2.45) is 5.73 Å². The predicted octanol–water partition coefficient (Wildman–Crippen LogP) is 2.30. The van der Waals surface area contributed by atoms with Gasteiger partial charge in [-0.2, -0.15) is 0 Å². The average molecular weight is 234 g/mol. The highest BCUT2D eigenvalue weighted by molar-refractivity contribution is 6.30. The van der Waals surface area contributed by atoms with E-state index < -0.39 is 0 Å². The van der Waals surface area contributed by atoms with Gasteiger partial charge in [0, 0.05) is 22.7 Å². The van der Waals surface area contributed by atoms with Gasteiger partial charge in [-0.3, -0.25) is 0 Å². The van der Waals surface area contributed by atoms with Gasteiger partial charge in [-0.1, -0.05) is 23.7 Å². The second kappa shape index (κ2) is 5.05. The van der Waals surface area contributed by atoms with E-state index in [0.717, 1.165) is 28.4 Å². The maximum atomic E-state index is 5.83. The molecule has 1 aromatic carbocycles. The number of benzene rings is 1. The van der Waals surface area contributed by atoms with Crippen LogP contribution in [0.2, 0.25) is 5.02 Å². The summed E-state index contributed by atoms with van der Waals surface area (Å²) >= 11 is 5.83. The van der Waals surface area contributed by atoms with Crippen LogP contribution in [0.1, 0.15) is 5.69 Å². The summed E-state index contributed by atoms with van der Waals surface area (Å²) in [6.07, 6.45) is 2.33. The van der Waals surface area contributed by atoms with Gasteiger partial charge in [0.1, 0.15) is 6.33 Å². The molecule has 82 valence electrons. The van der Waals surface area contributed by atoms with Crippen LogP contribution in [-0.4, -0.2) is 16.5 Å². The maximum absolute atomic E-state index is 5.83. The molecule has 2 N–H and O–H groups in total. The molecule has 0 saturated heterocycles. The van der Waals surface area contributed by atoms with Crippen LogP contribution >= 0.6 is 11.6 Å². The molecular weight excluding hydrogens is 222 g/mol. The van der Waals surface area contributed by atoms with Gasteiger partial charge in [0.2, 0.25) is 0 Å². The predicted molar refractivity (Wildman–Crippen MR) is 65.2 cm³/mol. The molecule has 0 spiro atoms. The van der Waals surface area contributed by atoms with Crippen molar-refractivity contribution in [1.29, 1.82) is 0 Å². The van der Waals surface area contributed by atoms with E-state index in [9.17, 15) is 0 Å². The third-order valence-electron chi connectivity index (χ3n) is 2.26. The first kappa shape index (κ1) is 11.0. The van der Waals surface area contributed by atoms with Gasteiger partial charge < -0.3 is 5.73 Å². The molecule has 2 aromatic rings. The zero-order valence-electron chi connectivity index (χ0n) is 8.73. The van der Waals surface area contributed by atoms with Crippen LogP contribution in [0.5, 0.6) is 0 Å². The first-order valence-electron chi connectivity index (χ1n) is 5.06. The third-order valence-corrected chi connectivity index (χ3v) is 2.52. The molecule has 16 heavy (non-hydrogen) atoms. The molecule has 0 saturated carbocycles. The molecule has 0 aliphatic heterocycles. The molecule has 0 unspecified atom stereocenters. The lowest BCUT2D eigenvalue weighted by atomic mass is 10.1. The fourth-order valence-corrected chi connectivity index (χ4v) is 1.59. The van der Waals surface area contributed by atoms with Crippen LogP contribution in [0.25, 0.3) is 11.3 Å². The number of halogens is 1. The molecule has 3 nitrogen and oxygen atoms in total. The highest BCUT2D eigenvalue weighted by atomic mass is 35.5. The van der Waals surface area contributed by atoms with E-state index in [4.69, 9.17) is 17.3 Å². The summed E-state index contributed by atoms with van der Waals surface area (Å²) in [5.41, 5.74) is 8.38. The Morgan fingerprint density at radius 1 is 1.12 bits per heavy atom. The smallest absolute Gasteiger partial charge is 0.116 e. The Morgan fingerprint density at radius 3 is 2.56 bits per heavy atom. The van der Waals surface area contributed by atoms with E-state index in [0.29, 0.717) is 6.54 Å². The number of hydrogen-bond donors (Lipinski definition) is 1. The Morgan fingerprint density at radius 2 is 1.88 bits per heavy atom. The van der Waals surface area contributed by atoms with Gasteiger partial charge in [-0.25, -0.2) is 9.97 Å². The molecule has 2 rings (SSSR count). The van der Waals surface area contributed by atoms with Gasteiger partial charge in [0.25, 0.3) is 0 Å². The minimum absolute atomic E-state index is 0.594. The van der Waals surface area contributed by atoms with E-state index in [-0.39, 0.29) is 0 Å². The lowest BCUT2D eigenvalue weighted by Gasteiger charge is -2.03. The minimum atomic E-state index is 0.594. The van der Waals surface area contributed by atoms with Gasteiger partial charge in [-0.15, -0.1) is 0 Å². The normalized spacial score (nSPS) is 10.4. The fourth-order valence-electron chi connectivity index (χ4n) is 1.46. The van der Waals surface area contributed by atoms with Gasteiger partial charge >= 0.3 is 0 Å². The number of aromatic nitrogens is 2. The topological polar surface area (TPSA) is 51.8 Å². The second-order valence-corrected chi connectivity index (χ2v) is 3.88. The van der Waals surface area contributed by atoms with Gasteiger partial charge in [0.05, 0.1) is 5.69 Å². The van der Waals surface area contributed by atoms with Crippen molar-refractivity contribution in [1.82, 2.24) is 9.97 Å². The maximum Gasteiger partial charge on any atom is 0.116 e. The quantitative estimate of drug-likeness (QED) is 0.885. The van der Waals surface area contributed by atoms with Gasteiger partial charge in [-0.05, 0) is 24.7 Å². The summed E-state index contributed by atoms with van der Waals surface area (Å²) in [5, 5.41) is 0.722. The summed E-state index contributed by atoms with van der Waals surface area (Å²) in [6.45, 7) is 0.594. The number of rotatable bonds is 3. The van der Waals surface area contributed by atoms with E-state index in [1.54, 1.807) is 6.33 Å². The molecule has 0 aliphatic rings. The third kappa shape index (κ3) is 2.56. The Labute approximate surface area is 99.3 Å². The van der Waals surface area contributed by atoms with Crippen molar-refractivity contribution in [3.63, 3.8) is 0 Å². The molecule has 4 heteroatoms. The first-order valence-corrected chi connectivity index (χ1v) is 5.44. The molecule has 0 radical (unpaired) electrons. The van der Waals surface area contributed by atoms with Gasteiger partial charge in [0.15, 0.2) is 0 Å². The number of hydrogen-bond acceptors (Lipinski definition) is 3. The monoisotopic (exact) mass is 233 g/mol. The second-order valence-electron chi connectivity index (χ2n) is 3.44. The summed E-state index contributed by atoms with van der Waals surface area (Å²) in [6, 6.07) is 9.53. The van der Waals surface area contributed by atoms with Crippen molar-refractivity contribution in [2.45, 2.75) is 6.42 Å². The summed E-state index contributed by atoms with van der Waals surface area (Å²) < 4.78 is 0. The molecule has 0 fully saturated rings. The van der Waals surface area contributed by atoms with E-state index in [1.807, 2.05) is 30.3 Å². The fraction of sp³-hybridized carbons (Fsp3) is 0.167. The summed E-state index contributed by atoms with van der Waals surface area (Å²) in [7, 11) is 0. The van der Waals surface area contributed by atoms with E-state index >= 15 is 0 Å². The molecule has 0 amide bonds. The lowest BCUT2D eigenvalue weighted by molar-refractivity contribution is 0.911. The molecule has 0 aliphatic carbocycles. The van der Waals surface area contributed by atoms with E-state index in [1.165, 1.54) is 0 Å². The summed E-state index contributed by atoms with van der Waals surface area (Å²) in [4.78, 5) is 8.38. The average Bonchev–Trinajstić information content (AvgIpc) is 2.31. The zero-order valence-corrected chi connectivity index (χ0v) is 9.48. The zero-order chi connectivity index (χ0) is 11.4. The van der Waals surface area contributed by atoms with Crippen LogP contribution < -0.4 is 5.73 Å². The van der Waals surface area contributed by atoms with Crippen molar-refractivity contribution < 1.29 is 0 Å². The van der Waals surface area contributed by atoms with E-state index in [2.05, 4.69) is 9.97 Å². The Hall–Kier alpha value is -1.45. The highest BCUT2D eigenvalue weighted by Gasteiger charge is 2.01. The van der Waals surface area contributed by atoms with Crippen LogP contribution in [-0.2, 0) is 6.42 Å². The van der Waals surface area contributed by atoms with Crippen molar-refractivity contribution in [3.8, 4) is 11.3 Å². The number of nitrogens with zero attached hydrogens (tertiary/aromatic N) is 2. The molecule has 1 heterocycles. The lowest BCUT2D eigenvalue weighted by Crippen LogP contribution is -2.04. The van der Waals surface area contributed by atoms with Crippen molar-refractivity contribution >= 4 is 11.6 Å². The molecular formula is C12H12ClN3. The highest BCUT2D eigenvalue weighted by Crippen LogP contribution is 2.19. The molecule has 0 atom stereocenters. The largest absolute Gasteiger partial charge is 0.330 e. The van der Waals surface area contributed by atoms with Crippen molar-refractivity contribution in [3.05, 3.63) is 47.4 Å². The van der Waals surface area contributed by atoms with Crippen molar-refractivity contribution in [2.75, 3.05) is 6.54 Å². The molecule has 0 bridgehead atoms. The van der Waals surface area contributed by atoms with Crippen LogP contribution in [0.4, 0.5) is 0 Å². The molecule has 1 aromatic heterocycles. The standard InChI is InChI=1S/C12H12ClN3/c13-10-3-1-9(2-4-10)12-7-11(5-6-14)15-8-16-12/h1-4,7-8H,5-6,14H2. The Kier molecular flexibility index (Phi) is 3.49. The minimum Gasteiger partial charge on any atom is -0.330 e. The number of nitrogens with two attached hydrogens (primary N) is 1. The van der Waals surface area contributed by atoms with Crippen LogP contribution in [0.3, 0.4) is 0 Å². The van der Waals surface area contributed by atoms with Crippen LogP contribution in [0, 0.1) is 0 Å². The summed E-state index contributed by atoms with van der Waals surface area (Å²) in [5.74, 6) is 0. The first-order chi connectivity index (χ1) is 7.79. The SMILES string of the molecule is NCCc1cc(-c2ccc(Cl)cc2)ncn1. The van der Waals surface area contributed by atoms with Crippen LogP contribution in [0.15, 0.2) is 36.7 Å². The Balaban J connectivity index is 2.32. The Bertz CT molecular complexity index is 468.